The van der Waals surface area contributed by atoms with Crippen molar-refractivity contribution in [1.82, 2.24) is 9.78 Å². The van der Waals surface area contributed by atoms with Crippen molar-refractivity contribution in [1.29, 1.82) is 0 Å². The summed E-state index contributed by atoms with van der Waals surface area (Å²) in [6.45, 7) is 2.41. The number of aromatic nitrogens is 2. The smallest absolute Gasteiger partial charge is 0.268 e. The quantitative estimate of drug-likeness (QED) is 0.824. The minimum atomic E-state index is -0.165. The van der Waals surface area contributed by atoms with E-state index < -0.39 is 0 Å². The Kier molecular flexibility index (Phi) is 2.58. The van der Waals surface area contributed by atoms with Gasteiger partial charge in [0.1, 0.15) is 0 Å². The third-order valence-corrected chi connectivity index (χ3v) is 2.00. The maximum absolute atomic E-state index is 11.2. The Balaban J connectivity index is 2.48. The molecule has 0 saturated carbocycles. The summed E-state index contributed by atoms with van der Waals surface area (Å²) in [5, 5.41) is 2.68. The molecule has 0 saturated heterocycles. The molecule has 0 radical (unpaired) electrons. The van der Waals surface area contributed by atoms with Gasteiger partial charge < -0.3 is 4.74 Å². The van der Waals surface area contributed by atoms with Gasteiger partial charge in [-0.3, -0.25) is 9.89 Å². The Morgan fingerprint density at radius 3 is 2.73 bits per heavy atom. The number of nitrogens with zero attached hydrogens (tertiary/aromatic N) is 1. The van der Waals surface area contributed by atoms with E-state index in [2.05, 4.69) is 5.10 Å². The van der Waals surface area contributed by atoms with Crippen molar-refractivity contribution in [2.24, 2.45) is 0 Å². The van der Waals surface area contributed by atoms with E-state index >= 15 is 0 Å². The molecule has 15 heavy (non-hydrogen) atoms. The fourth-order valence-corrected chi connectivity index (χ4v) is 1.40. The van der Waals surface area contributed by atoms with E-state index in [4.69, 9.17) is 4.74 Å². The molecule has 0 aliphatic heterocycles. The SMILES string of the molecule is CCOc1cc(=O)[nH]n1-c1ccccc1. The molecule has 0 bridgehead atoms. The second-order valence-electron chi connectivity index (χ2n) is 3.06. The van der Waals surface area contributed by atoms with E-state index in [9.17, 15) is 4.79 Å². The molecule has 0 unspecified atom stereocenters. The van der Waals surface area contributed by atoms with Gasteiger partial charge in [-0.2, -0.15) is 0 Å². The zero-order valence-electron chi connectivity index (χ0n) is 8.43. The highest BCUT2D eigenvalue weighted by Crippen LogP contribution is 2.13. The van der Waals surface area contributed by atoms with Crippen LogP contribution in [0.5, 0.6) is 5.88 Å². The lowest BCUT2D eigenvalue weighted by Gasteiger charge is -2.07. The molecule has 1 heterocycles. The number of para-hydroxylation sites is 1. The molecule has 1 aromatic heterocycles. The van der Waals surface area contributed by atoms with Crippen molar-refractivity contribution in [3.63, 3.8) is 0 Å². The normalized spacial score (nSPS) is 10.2. The molecule has 0 spiro atoms. The zero-order valence-corrected chi connectivity index (χ0v) is 8.43. The molecule has 4 nitrogen and oxygen atoms in total. The summed E-state index contributed by atoms with van der Waals surface area (Å²) < 4.78 is 6.97. The van der Waals surface area contributed by atoms with Crippen LogP contribution in [0.4, 0.5) is 0 Å². The highest BCUT2D eigenvalue weighted by Gasteiger charge is 2.05. The lowest BCUT2D eigenvalue weighted by molar-refractivity contribution is 0.316. The lowest BCUT2D eigenvalue weighted by Crippen LogP contribution is -2.04. The average molecular weight is 204 g/mol. The van der Waals surface area contributed by atoms with E-state index in [1.807, 2.05) is 37.3 Å². The molecule has 1 N–H and O–H groups in total. The van der Waals surface area contributed by atoms with Gasteiger partial charge in [-0.25, -0.2) is 4.68 Å². The number of aromatic amines is 1. The molecule has 1 aromatic carbocycles. The molecular weight excluding hydrogens is 192 g/mol. The first-order valence-electron chi connectivity index (χ1n) is 4.81. The van der Waals surface area contributed by atoms with Gasteiger partial charge in [0.15, 0.2) is 0 Å². The van der Waals surface area contributed by atoms with Crippen LogP contribution >= 0.6 is 0 Å². The van der Waals surface area contributed by atoms with Crippen LogP contribution < -0.4 is 10.3 Å². The molecule has 2 rings (SSSR count). The number of hydrogen-bond acceptors (Lipinski definition) is 2. The Labute approximate surface area is 87.1 Å². The van der Waals surface area contributed by atoms with Gasteiger partial charge in [0.2, 0.25) is 5.88 Å². The molecule has 0 fully saturated rings. The topological polar surface area (TPSA) is 47.0 Å². The van der Waals surface area contributed by atoms with Crippen molar-refractivity contribution in [3.8, 4) is 11.6 Å². The maximum Gasteiger partial charge on any atom is 0.268 e. The third-order valence-electron chi connectivity index (χ3n) is 2.00. The monoisotopic (exact) mass is 204 g/mol. The van der Waals surface area contributed by atoms with Gasteiger partial charge in [-0.05, 0) is 19.1 Å². The molecule has 0 amide bonds. The van der Waals surface area contributed by atoms with Crippen LogP contribution in [-0.4, -0.2) is 16.4 Å². The number of nitrogens with one attached hydrogen (secondary N) is 1. The molecule has 0 aliphatic rings. The summed E-state index contributed by atoms with van der Waals surface area (Å²) in [4.78, 5) is 11.2. The summed E-state index contributed by atoms with van der Waals surface area (Å²) in [5.74, 6) is 0.536. The van der Waals surface area contributed by atoms with Crippen molar-refractivity contribution in [3.05, 3.63) is 46.8 Å². The minimum absolute atomic E-state index is 0.165. The van der Waals surface area contributed by atoms with Crippen LogP contribution in [0.1, 0.15) is 6.92 Å². The first-order chi connectivity index (χ1) is 7.31. The van der Waals surface area contributed by atoms with Crippen LogP contribution in [0.25, 0.3) is 5.69 Å². The van der Waals surface area contributed by atoms with Crippen molar-refractivity contribution in [2.45, 2.75) is 6.92 Å². The van der Waals surface area contributed by atoms with E-state index in [1.54, 1.807) is 4.68 Å². The predicted molar refractivity (Wildman–Crippen MR) is 57.6 cm³/mol. The zero-order chi connectivity index (χ0) is 10.7. The number of H-pyrrole nitrogens is 1. The summed E-state index contributed by atoms with van der Waals surface area (Å²) in [5.41, 5.74) is 0.713. The molecule has 78 valence electrons. The minimum Gasteiger partial charge on any atom is -0.478 e. The van der Waals surface area contributed by atoms with Gasteiger partial charge in [0.05, 0.1) is 18.4 Å². The van der Waals surface area contributed by atoms with Gasteiger partial charge in [-0.15, -0.1) is 0 Å². The van der Waals surface area contributed by atoms with Crippen LogP contribution in [0.2, 0.25) is 0 Å². The highest BCUT2D eigenvalue weighted by molar-refractivity contribution is 5.34. The first-order valence-corrected chi connectivity index (χ1v) is 4.81. The second-order valence-corrected chi connectivity index (χ2v) is 3.06. The average Bonchev–Trinajstić information content (AvgIpc) is 2.62. The van der Waals surface area contributed by atoms with Crippen molar-refractivity contribution in [2.75, 3.05) is 6.61 Å². The van der Waals surface area contributed by atoms with E-state index in [0.29, 0.717) is 12.5 Å². The van der Waals surface area contributed by atoms with E-state index in [0.717, 1.165) is 5.69 Å². The van der Waals surface area contributed by atoms with Gasteiger partial charge >= 0.3 is 0 Å². The molecule has 4 heteroatoms. The standard InChI is InChI=1S/C11H12N2O2/c1-2-15-11-8-10(14)12-13(11)9-6-4-3-5-7-9/h3-8H,2H2,1H3,(H,12,14). The Morgan fingerprint density at radius 2 is 2.07 bits per heavy atom. The van der Waals surface area contributed by atoms with Crippen molar-refractivity contribution < 1.29 is 4.74 Å². The van der Waals surface area contributed by atoms with Crippen LogP contribution in [-0.2, 0) is 0 Å². The number of ether oxygens (including phenoxy) is 1. The van der Waals surface area contributed by atoms with Crippen LogP contribution in [0, 0.1) is 0 Å². The summed E-state index contributed by atoms with van der Waals surface area (Å²) in [6, 6.07) is 11.0. The molecule has 2 aromatic rings. The number of hydrogen-bond donors (Lipinski definition) is 1. The van der Waals surface area contributed by atoms with Gasteiger partial charge in [-0.1, -0.05) is 18.2 Å². The second kappa shape index (κ2) is 4.04. The maximum atomic E-state index is 11.2. The largest absolute Gasteiger partial charge is 0.478 e. The van der Waals surface area contributed by atoms with Crippen LogP contribution in [0.3, 0.4) is 0 Å². The number of rotatable bonds is 3. The third kappa shape index (κ3) is 1.93. The highest BCUT2D eigenvalue weighted by atomic mass is 16.5. The predicted octanol–water partition coefficient (Wildman–Crippen LogP) is 1.56. The van der Waals surface area contributed by atoms with E-state index in [-0.39, 0.29) is 5.56 Å². The Hall–Kier alpha value is -1.97. The van der Waals surface area contributed by atoms with Crippen LogP contribution in [0.15, 0.2) is 41.2 Å². The Morgan fingerprint density at radius 1 is 1.33 bits per heavy atom. The van der Waals surface area contributed by atoms with E-state index in [1.165, 1.54) is 6.07 Å². The summed E-state index contributed by atoms with van der Waals surface area (Å²) in [7, 11) is 0. The fourth-order valence-electron chi connectivity index (χ4n) is 1.40. The molecule has 0 aliphatic carbocycles. The van der Waals surface area contributed by atoms with Gasteiger partial charge in [0.25, 0.3) is 5.56 Å². The Bertz CT molecular complexity index is 485. The summed E-state index contributed by atoms with van der Waals surface area (Å²) >= 11 is 0. The summed E-state index contributed by atoms with van der Waals surface area (Å²) in [6.07, 6.45) is 0. The fraction of sp³-hybridized carbons (Fsp3) is 0.182. The molecular formula is C11H12N2O2. The molecule has 0 atom stereocenters. The van der Waals surface area contributed by atoms with Crippen molar-refractivity contribution >= 4 is 0 Å². The van der Waals surface area contributed by atoms with Gasteiger partial charge in [0, 0.05) is 0 Å². The first kappa shape index (κ1) is 9.58. The lowest BCUT2D eigenvalue weighted by atomic mass is 10.3. The number of benzene rings is 1.